The van der Waals surface area contributed by atoms with Gasteiger partial charge in [0.25, 0.3) is 0 Å². The van der Waals surface area contributed by atoms with E-state index < -0.39 is 6.17 Å². The first kappa shape index (κ1) is 9.94. The quantitative estimate of drug-likeness (QED) is 0.757. The zero-order chi connectivity index (χ0) is 10.2. The van der Waals surface area contributed by atoms with Gasteiger partial charge >= 0.3 is 0 Å². The molecule has 0 bridgehead atoms. The van der Waals surface area contributed by atoms with Crippen molar-refractivity contribution in [3.8, 4) is 0 Å². The highest BCUT2D eigenvalue weighted by Gasteiger charge is 2.37. The van der Waals surface area contributed by atoms with Crippen LogP contribution in [0.15, 0.2) is 24.3 Å². The predicted molar refractivity (Wildman–Crippen MR) is 56.3 cm³/mol. The normalized spacial score (nSPS) is 32.1. The van der Waals surface area contributed by atoms with Crippen molar-refractivity contribution in [2.24, 2.45) is 0 Å². The molecule has 0 amide bonds. The molecular formula is C11H13ClFN. The molecule has 1 aromatic rings. The maximum absolute atomic E-state index is 13.1. The van der Waals surface area contributed by atoms with Gasteiger partial charge in [-0.05, 0) is 18.6 Å². The Morgan fingerprint density at radius 1 is 1.50 bits per heavy atom. The second kappa shape index (κ2) is 3.52. The largest absolute Gasteiger partial charge is 0.305 e. The van der Waals surface area contributed by atoms with Gasteiger partial charge in [-0.25, -0.2) is 4.39 Å². The second-order valence-electron chi connectivity index (χ2n) is 3.99. The molecule has 1 aliphatic heterocycles. The van der Waals surface area contributed by atoms with Crippen LogP contribution in [0.5, 0.6) is 0 Å². The van der Waals surface area contributed by atoms with E-state index in [0.717, 1.165) is 5.56 Å². The average Bonchev–Trinajstić information content (AvgIpc) is 2.48. The Kier molecular flexibility index (Phi) is 2.50. The summed E-state index contributed by atoms with van der Waals surface area (Å²) < 4.78 is 13.1. The van der Waals surface area contributed by atoms with Crippen molar-refractivity contribution in [2.45, 2.75) is 25.1 Å². The first-order chi connectivity index (χ1) is 6.62. The summed E-state index contributed by atoms with van der Waals surface area (Å²) in [6.45, 7) is 2.41. The van der Waals surface area contributed by atoms with Crippen LogP contribution in [0.1, 0.15) is 18.9 Å². The van der Waals surface area contributed by atoms with Crippen LogP contribution in [0.25, 0.3) is 0 Å². The van der Waals surface area contributed by atoms with E-state index in [1.807, 2.05) is 31.2 Å². The molecule has 1 aromatic carbocycles. The minimum Gasteiger partial charge on any atom is -0.305 e. The van der Waals surface area contributed by atoms with E-state index in [4.69, 9.17) is 11.6 Å². The lowest BCUT2D eigenvalue weighted by Crippen LogP contribution is -2.33. The van der Waals surface area contributed by atoms with E-state index in [1.54, 1.807) is 0 Å². The second-order valence-corrected chi connectivity index (χ2v) is 4.40. The summed E-state index contributed by atoms with van der Waals surface area (Å²) in [7, 11) is 0. The van der Waals surface area contributed by atoms with Crippen LogP contribution >= 0.6 is 11.6 Å². The molecule has 0 saturated carbocycles. The number of hydrogen-bond donors (Lipinski definition) is 1. The van der Waals surface area contributed by atoms with Crippen molar-refractivity contribution in [2.75, 3.05) is 6.54 Å². The summed E-state index contributed by atoms with van der Waals surface area (Å²) in [4.78, 5) is 0. The molecule has 1 heterocycles. The SMILES string of the molecule is CC1(c2ccccc2Cl)CC(F)CN1. The lowest BCUT2D eigenvalue weighted by atomic mass is 9.90. The molecule has 2 rings (SSSR count). The minimum atomic E-state index is -0.767. The monoisotopic (exact) mass is 213 g/mol. The average molecular weight is 214 g/mol. The summed E-state index contributed by atoms with van der Waals surface area (Å²) in [6.07, 6.45) is -0.271. The van der Waals surface area contributed by atoms with E-state index in [9.17, 15) is 4.39 Å². The predicted octanol–water partition coefficient (Wildman–Crippen LogP) is 2.89. The van der Waals surface area contributed by atoms with Gasteiger partial charge in [0.05, 0.1) is 0 Å². The molecule has 0 radical (unpaired) electrons. The minimum absolute atomic E-state index is 0.308. The smallest absolute Gasteiger partial charge is 0.115 e. The molecule has 0 aliphatic carbocycles. The molecule has 76 valence electrons. The van der Waals surface area contributed by atoms with Crippen molar-refractivity contribution in [1.82, 2.24) is 5.32 Å². The number of rotatable bonds is 1. The van der Waals surface area contributed by atoms with Crippen LogP contribution < -0.4 is 5.32 Å². The van der Waals surface area contributed by atoms with Crippen LogP contribution in [0.4, 0.5) is 4.39 Å². The zero-order valence-electron chi connectivity index (χ0n) is 8.06. The Balaban J connectivity index is 2.35. The van der Waals surface area contributed by atoms with Gasteiger partial charge in [-0.3, -0.25) is 0 Å². The lowest BCUT2D eigenvalue weighted by molar-refractivity contribution is 0.333. The van der Waals surface area contributed by atoms with Crippen LogP contribution in [0, 0.1) is 0 Å². The van der Waals surface area contributed by atoms with Crippen LogP contribution in [0.3, 0.4) is 0 Å². The van der Waals surface area contributed by atoms with Gasteiger partial charge in [0, 0.05) is 23.5 Å². The van der Waals surface area contributed by atoms with E-state index in [1.165, 1.54) is 0 Å². The van der Waals surface area contributed by atoms with E-state index >= 15 is 0 Å². The van der Waals surface area contributed by atoms with Crippen molar-refractivity contribution >= 4 is 11.6 Å². The fourth-order valence-electron chi connectivity index (χ4n) is 2.04. The van der Waals surface area contributed by atoms with Gasteiger partial charge in [-0.15, -0.1) is 0 Å². The number of hydrogen-bond acceptors (Lipinski definition) is 1. The third-order valence-electron chi connectivity index (χ3n) is 2.81. The fourth-order valence-corrected chi connectivity index (χ4v) is 2.38. The van der Waals surface area contributed by atoms with Crippen molar-refractivity contribution in [1.29, 1.82) is 0 Å². The maximum Gasteiger partial charge on any atom is 0.115 e. The van der Waals surface area contributed by atoms with Crippen LogP contribution in [0.2, 0.25) is 5.02 Å². The van der Waals surface area contributed by atoms with Gasteiger partial charge in [0.15, 0.2) is 0 Å². The van der Waals surface area contributed by atoms with Crippen molar-refractivity contribution in [3.05, 3.63) is 34.9 Å². The van der Waals surface area contributed by atoms with Crippen LogP contribution in [-0.2, 0) is 5.54 Å². The maximum atomic E-state index is 13.1. The molecule has 1 aliphatic rings. The molecule has 14 heavy (non-hydrogen) atoms. The summed E-state index contributed by atoms with van der Waals surface area (Å²) >= 11 is 6.08. The van der Waals surface area contributed by atoms with Gasteiger partial charge in [0.1, 0.15) is 6.17 Å². The van der Waals surface area contributed by atoms with Crippen molar-refractivity contribution < 1.29 is 4.39 Å². The first-order valence-electron chi connectivity index (χ1n) is 4.76. The van der Waals surface area contributed by atoms with Gasteiger partial charge in [0.2, 0.25) is 0 Å². The number of alkyl halides is 1. The fraction of sp³-hybridized carbons (Fsp3) is 0.455. The Morgan fingerprint density at radius 2 is 2.21 bits per heavy atom. The third kappa shape index (κ3) is 1.64. The standard InChI is InChI=1S/C11H13ClFN/c1-11(6-8(13)7-14-11)9-4-2-3-5-10(9)12/h2-5,8,14H,6-7H2,1H3. The zero-order valence-corrected chi connectivity index (χ0v) is 8.81. The Morgan fingerprint density at radius 3 is 2.79 bits per heavy atom. The lowest BCUT2D eigenvalue weighted by Gasteiger charge is -2.25. The molecule has 2 unspecified atom stereocenters. The number of benzene rings is 1. The Labute approximate surface area is 88.3 Å². The highest BCUT2D eigenvalue weighted by Crippen LogP contribution is 2.35. The molecule has 1 saturated heterocycles. The summed E-state index contributed by atoms with van der Waals surface area (Å²) in [5, 5.41) is 3.89. The molecule has 3 heteroatoms. The third-order valence-corrected chi connectivity index (χ3v) is 3.14. The Bertz CT molecular complexity index is 342. The van der Waals surface area contributed by atoms with Gasteiger partial charge in [-0.2, -0.15) is 0 Å². The first-order valence-corrected chi connectivity index (χ1v) is 5.14. The summed E-state index contributed by atoms with van der Waals surface area (Å²) in [5.74, 6) is 0. The molecule has 1 N–H and O–H groups in total. The van der Waals surface area contributed by atoms with E-state index in [0.29, 0.717) is 18.0 Å². The molecule has 2 atom stereocenters. The highest BCUT2D eigenvalue weighted by molar-refractivity contribution is 6.31. The molecular weight excluding hydrogens is 201 g/mol. The number of nitrogens with one attached hydrogen (secondary N) is 1. The topological polar surface area (TPSA) is 12.0 Å². The summed E-state index contributed by atoms with van der Waals surface area (Å²) in [5.41, 5.74) is 0.680. The highest BCUT2D eigenvalue weighted by atomic mass is 35.5. The Hall–Kier alpha value is -0.600. The molecule has 0 spiro atoms. The van der Waals surface area contributed by atoms with E-state index in [-0.39, 0.29) is 5.54 Å². The number of halogens is 2. The van der Waals surface area contributed by atoms with E-state index in [2.05, 4.69) is 5.32 Å². The van der Waals surface area contributed by atoms with Crippen molar-refractivity contribution in [3.63, 3.8) is 0 Å². The molecule has 0 aromatic heterocycles. The summed E-state index contributed by atoms with van der Waals surface area (Å²) in [6, 6.07) is 7.61. The van der Waals surface area contributed by atoms with Gasteiger partial charge < -0.3 is 5.32 Å². The molecule has 1 nitrogen and oxygen atoms in total. The molecule has 1 fully saturated rings. The van der Waals surface area contributed by atoms with Crippen LogP contribution in [-0.4, -0.2) is 12.7 Å². The van der Waals surface area contributed by atoms with Gasteiger partial charge in [-0.1, -0.05) is 29.8 Å².